The number of amides is 3. The lowest BCUT2D eigenvalue weighted by atomic mass is 10.1. The van der Waals surface area contributed by atoms with Crippen LogP contribution in [-0.2, 0) is 14.4 Å². The van der Waals surface area contributed by atoms with Gasteiger partial charge >= 0.3 is 0 Å². The van der Waals surface area contributed by atoms with Gasteiger partial charge < -0.3 is 20.7 Å². The summed E-state index contributed by atoms with van der Waals surface area (Å²) in [6, 6.07) is 11.6. The summed E-state index contributed by atoms with van der Waals surface area (Å²) in [5.41, 5.74) is 0.895. The van der Waals surface area contributed by atoms with E-state index in [2.05, 4.69) is 16.0 Å². The standard InChI is InChI=1S/C18H15Cl2N3O4/c19-10-5-6-11(20)13(7-10)22-17(25)9-21-16(24)8-15-18(26)23-12-3-1-2-4-14(12)27-15/h1-7,15H,8-9H2,(H,21,24)(H,22,25)(H,23,26)/t15-/m0/s1. The Morgan fingerprint density at radius 1 is 1.11 bits per heavy atom. The van der Waals surface area contributed by atoms with Gasteiger partial charge in [0.15, 0.2) is 6.10 Å². The van der Waals surface area contributed by atoms with Gasteiger partial charge in [0.2, 0.25) is 11.8 Å². The van der Waals surface area contributed by atoms with E-state index in [0.29, 0.717) is 27.2 Å². The molecule has 1 aliphatic heterocycles. The van der Waals surface area contributed by atoms with Crippen molar-refractivity contribution in [1.82, 2.24) is 5.32 Å². The number of para-hydroxylation sites is 2. The Balaban J connectivity index is 1.50. The Bertz CT molecular complexity index is 904. The Hall–Kier alpha value is -2.77. The maximum absolute atomic E-state index is 12.0. The summed E-state index contributed by atoms with van der Waals surface area (Å²) in [6.07, 6.45) is -1.18. The molecule has 2 aromatic rings. The fraction of sp³-hybridized carbons (Fsp3) is 0.167. The molecule has 0 bridgehead atoms. The molecule has 1 atom stereocenters. The van der Waals surface area contributed by atoms with E-state index in [1.165, 1.54) is 6.07 Å². The molecular weight excluding hydrogens is 393 g/mol. The summed E-state index contributed by atoms with van der Waals surface area (Å²) in [5.74, 6) is -0.906. The van der Waals surface area contributed by atoms with Crippen LogP contribution in [-0.4, -0.2) is 30.4 Å². The first kappa shape index (κ1) is 19.0. The molecule has 140 valence electrons. The average molecular weight is 408 g/mol. The van der Waals surface area contributed by atoms with Crippen LogP contribution >= 0.6 is 23.2 Å². The number of carbonyl (C=O) groups is 3. The molecule has 7 nitrogen and oxygen atoms in total. The lowest BCUT2D eigenvalue weighted by Gasteiger charge is -2.25. The number of fused-ring (bicyclic) bond motifs is 1. The molecule has 0 unspecified atom stereocenters. The molecule has 1 aliphatic rings. The first-order valence-corrected chi connectivity index (χ1v) is 8.76. The largest absolute Gasteiger partial charge is 0.478 e. The van der Waals surface area contributed by atoms with Gasteiger partial charge in [-0.15, -0.1) is 0 Å². The number of halogens is 2. The van der Waals surface area contributed by atoms with Gasteiger partial charge in [0, 0.05) is 5.02 Å². The van der Waals surface area contributed by atoms with Crippen molar-refractivity contribution >= 4 is 52.3 Å². The summed E-state index contributed by atoms with van der Waals surface area (Å²) in [7, 11) is 0. The summed E-state index contributed by atoms with van der Waals surface area (Å²) in [6.45, 7) is -0.285. The van der Waals surface area contributed by atoms with Crippen LogP contribution in [0.15, 0.2) is 42.5 Å². The second kappa shape index (κ2) is 8.28. The lowest BCUT2D eigenvalue weighted by Crippen LogP contribution is -2.42. The molecule has 3 N–H and O–H groups in total. The van der Waals surface area contributed by atoms with Crippen molar-refractivity contribution in [1.29, 1.82) is 0 Å². The van der Waals surface area contributed by atoms with E-state index in [1.54, 1.807) is 36.4 Å². The molecule has 9 heteroatoms. The molecule has 0 aromatic heterocycles. The highest BCUT2D eigenvalue weighted by atomic mass is 35.5. The SMILES string of the molecule is O=C(C[C@@H]1Oc2ccccc2NC1=O)NCC(=O)Nc1cc(Cl)ccc1Cl. The van der Waals surface area contributed by atoms with Crippen LogP contribution < -0.4 is 20.7 Å². The van der Waals surface area contributed by atoms with Crippen molar-refractivity contribution in [2.75, 3.05) is 17.2 Å². The van der Waals surface area contributed by atoms with E-state index in [1.807, 2.05) is 0 Å². The second-order valence-electron chi connectivity index (χ2n) is 5.75. The third kappa shape index (κ3) is 4.90. The molecule has 2 aromatic carbocycles. The molecule has 1 heterocycles. The number of benzene rings is 2. The number of carbonyl (C=O) groups excluding carboxylic acids is 3. The van der Waals surface area contributed by atoms with E-state index < -0.39 is 23.8 Å². The van der Waals surface area contributed by atoms with Crippen molar-refractivity contribution in [2.45, 2.75) is 12.5 Å². The lowest BCUT2D eigenvalue weighted by molar-refractivity contribution is -0.131. The molecular formula is C18H15Cl2N3O4. The monoisotopic (exact) mass is 407 g/mol. The van der Waals surface area contributed by atoms with Crippen molar-refractivity contribution in [3.05, 3.63) is 52.5 Å². The van der Waals surface area contributed by atoms with Crippen LogP contribution in [0, 0.1) is 0 Å². The predicted octanol–water partition coefficient (Wildman–Crippen LogP) is 2.84. The summed E-state index contributed by atoms with van der Waals surface area (Å²) in [4.78, 5) is 36.0. The van der Waals surface area contributed by atoms with Gasteiger partial charge in [0.25, 0.3) is 5.91 Å². The van der Waals surface area contributed by atoms with Crippen molar-refractivity contribution in [3.63, 3.8) is 0 Å². The van der Waals surface area contributed by atoms with Gasteiger partial charge in [0.1, 0.15) is 5.75 Å². The minimum Gasteiger partial charge on any atom is -0.478 e. The summed E-state index contributed by atoms with van der Waals surface area (Å²) in [5, 5.41) is 8.41. The minimum atomic E-state index is -0.967. The molecule has 3 rings (SSSR count). The quantitative estimate of drug-likeness (QED) is 0.709. The molecule has 27 heavy (non-hydrogen) atoms. The van der Waals surface area contributed by atoms with Gasteiger partial charge in [0.05, 0.1) is 29.4 Å². The highest BCUT2D eigenvalue weighted by Gasteiger charge is 2.29. The molecule has 0 aliphatic carbocycles. The van der Waals surface area contributed by atoms with Crippen molar-refractivity contribution < 1.29 is 19.1 Å². The van der Waals surface area contributed by atoms with Crippen LogP contribution in [0.1, 0.15) is 6.42 Å². The zero-order valence-corrected chi connectivity index (χ0v) is 15.4. The number of rotatable bonds is 5. The minimum absolute atomic E-state index is 0.217. The first-order valence-electron chi connectivity index (χ1n) is 8.00. The summed E-state index contributed by atoms with van der Waals surface area (Å²) >= 11 is 11.8. The van der Waals surface area contributed by atoms with Gasteiger partial charge in [-0.2, -0.15) is 0 Å². The third-order valence-electron chi connectivity index (χ3n) is 3.73. The van der Waals surface area contributed by atoms with E-state index >= 15 is 0 Å². The Labute approximate surface area is 165 Å². The maximum atomic E-state index is 12.0. The average Bonchev–Trinajstić information content (AvgIpc) is 2.64. The van der Waals surface area contributed by atoms with E-state index in [-0.39, 0.29) is 13.0 Å². The second-order valence-corrected chi connectivity index (χ2v) is 6.59. The molecule has 0 saturated heterocycles. The zero-order valence-electron chi connectivity index (χ0n) is 13.9. The van der Waals surface area contributed by atoms with Crippen LogP contribution in [0.5, 0.6) is 5.75 Å². The number of nitrogens with one attached hydrogen (secondary N) is 3. The number of anilines is 2. The van der Waals surface area contributed by atoms with E-state index in [0.717, 1.165) is 0 Å². The van der Waals surface area contributed by atoms with Gasteiger partial charge in [-0.25, -0.2) is 0 Å². The van der Waals surface area contributed by atoms with Crippen molar-refractivity contribution in [2.24, 2.45) is 0 Å². The highest BCUT2D eigenvalue weighted by Crippen LogP contribution is 2.29. The van der Waals surface area contributed by atoms with E-state index in [4.69, 9.17) is 27.9 Å². The van der Waals surface area contributed by atoms with Gasteiger partial charge in [-0.1, -0.05) is 35.3 Å². The Morgan fingerprint density at radius 3 is 2.70 bits per heavy atom. The van der Waals surface area contributed by atoms with Crippen LogP contribution in [0.2, 0.25) is 10.0 Å². The maximum Gasteiger partial charge on any atom is 0.266 e. The normalized spacial score (nSPS) is 15.2. The van der Waals surface area contributed by atoms with Crippen LogP contribution in [0.3, 0.4) is 0 Å². The first-order chi connectivity index (χ1) is 12.9. The third-order valence-corrected chi connectivity index (χ3v) is 4.29. The van der Waals surface area contributed by atoms with Crippen molar-refractivity contribution in [3.8, 4) is 5.75 Å². The van der Waals surface area contributed by atoms with Gasteiger partial charge in [-0.3, -0.25) is 14.4 Å². The summed E-state index contributed by atoms with van der Waals surface area (Å²) < 4.78 is 5.54. The molecule has 0 saturated carbocycles. The Morgan fingerprint density at radius 2 is 1.89 bits per heavy atom. The fourth-order valence-electron chi connectivity index (χ4n) is 2.43. The molecule has 0 radical (unpaired) electrons. The number of ether oxygens (including phenoxy) is 1. The molecule has 3 amide bonds. The molecule has 0 fully saturated rings. The Kier molecular flexibility index (Phi) is 5.83. The smallest absolute Gasteiger partial charge is 0.266 e. The van der Waals surface area contributed by atoms with Gasteiger partial charge in [-0.05, 0) is 30.3 Å². The molecule has 0 spiro atoms. The zero-order chi connectivity index (χ0) is 19.4. The van der Waals surface area contributed by atoms with E-state index in [9.17, 15) is 14.4 Å². The topological polar surface area (TPSA) is 96.5 Å². The predicted molar refractivity (Wildman–Crippen MR) is 102 cm³/mol. The fourth-order valence-corrected chi connectivity index (χ4v) is 2.77. The van der Waals surface area contributed by atoms with Crippen LogP contribution in [0.4, 0.5) is 11.4 Å². The number of hydrogen-bond acceptors (Lipinski definition) is 4. The van der Waals surface area contributed by atoms with Crippen LogP contribution in [0.25, 0.3) is 0 Å². The highest BCUT2D eigenvalue weighted by molar-refractivity contribution is 6.35. The number of hydrogen-bond donors (Lipinski definition) is 3.